The van der Waals surface area contributed by atoms with Gasteiger partial charge in [-0.25, -0.2) is 0 Å². The summed E-state index contributed by atoms with van der Waals surface area (Å²) in [5.41, 5.74) is 1.18. The van der Waals surface area contributed by atoms with E-state index in [1.54, 1.807) is 11.3 Å². The number of hydrogen-bond donors (Lipinski definition) is 0. The molecule has 3 heterocycles. The Labute approximate surface area is 128 Å². The van der Waals surface area contributed by atoms with Crippen molar-refractivity contribution < 1.29 is 9.53 Å². The summed E-state index contributed by atoms with van der Waals surface area (Å²) in [6.45, 7) is 4.83. The van der Waals surface area contributed by atoms with Crippen LogP contribution in [-0.2, 0) is 29.0 Å². The van der Waals surface area contributed by atoms with Crippen molar-refractivity contribution in [1.29, 1.82) is 0 Å². The molecule has 1 aliphatic heterocycles. The van der Waals surface area contributed by atoms with E-state index in [9.17, 15) is 4.79 Å². The third kappa shape index (κ3) is 3.36. The second kappa shape index (κ2) is 6.45. The van der Waals surface area contributed by atoms with E-state index in [0.29, 0.717) is 26.1 Å². The third-order valence-corrected chi connectivity index (χ3v) is 4.64. The number of fused-ring (bicyclic) bond motifs is 1. The van der Waals surface area contributed by atoms with Crippen molar-refractivity contribution >= 4 is 17.2 Å². The number of amides is 1. The highest BCUT2D eigenvalue weighted by molar-refractivity contribution is 7.10. The van der Waals surface area contributed by atoms with E-state index in [2.05, 4.69) is 16.8 Å². The summed E-state index contributed by atoms with van der Waals surface area (Å²) < 4.78 is 7.99. The molecular weight excluding hydrogens is 284 g/mol. The van der Waals surface area contributed by atoms with E-state index in [0.717, 1.165) is 11.4 Å². The highest BCUT2D eigenvalue weighted by Crippen LogP contribution is 2.18. The molecule has 2 aromatic heterocycles. The monoisotopic (exact) mass is 304 g/mol. The molecule has 0 aliphatic carbocycles. The zero-order chi connectivity index (χ0) is 14.7. The molecule has 21 heavy (non-hydrogen) atoms. The summed E-state index contributed by atoms with van der Waals surface area (Å²) in [6, 6.07) is 8.12. The summed E-state index contributed by atoms with van der Waals surface area (Å²) in [5, 5.41) is 2.01. The molecule has 0 bridgehead atoms. The lowest BCUT2D eigenvalue weighted by molar-refractivity contribution is -0.132. The molecule has 0 saturated carbocycles. The molecule has 0 aromatic carbocycles. The lowest BCUT2D eigenvalue weighted by atomic mass is 10.2. The van der Waals surface area contributed by atoms with Crippen LogP contribution in [0.3, 0.4) is 0 Å². The zero-order valence-electron chi connectivity index (χ0n) is 12.2. The molecule has 1 aliphatic rings. The first kappa shape index (κ1) is 14.4. The van der Waals surface area contributed by atoms with Gasteiger partial charge < -0.3 is 14.2 Å². The van der Waals surface area contributed by atoms with Crippen molar-refractivity contribution in [2.75, 3.05) is 13.2 Å². The van der Waals surface area contributed by atoms with E-state index < -0.39 is 0 Å². The number of carbonyl (C=O) groups is 1. The fourth-order valence-corrected chi connectivity index (χ4v) is 3.46. The average Bonchev–Trinajstić information content (AvgIpc) is 3.08. The maximum Gasteiger partial charge on any atom is 0.228 e. The van der Waals surface area contributed by atoms with Crippen molar-refractivity contribution in [2.45, 2.75) is 32.5 Å². The van der Waals surface area contributed by atoms with Crippen LogP contribution in [0.2, 0.25) is 0 Å². The van der Waals surface area contributed by atoms with E-state index in [-0.39, 0.29) is 12.0 Å². The van der Waals surface area contributed by atoms with Gasteiger partial charge in [0, 0.05) is 29.9 Å². The molecule has 3 rings (SSSR count). The fourth-order valence-electron chi connectivity index (χ4n) is 2.76. The van der Waals surface area contributed by atoms with Crippen LogP contribution in [0.15, 0.2) is 35.8 Å². The van der Waals surface area contributed by atoms with Gasteiger partial charge in [-0.15, -0.1) is 11.3 Å². The summed E-state index contributed by atoms with van der Waals surface area (Å²) in [6.07, 6.45) is 2.61. The predicted octanol–water partition coefficient (Wildman–Crippen LogP) is 2.54. The quantitative estimate of drug-likeness (QED) is 0.870. The Morgan fingerprint density at radius 1 is 1.38 bits per heavy atom. The molecule has 0 radical (unpaired) electrons. The van der Waals surface area contributed by atoms with E-state index in [1.807, 2.05) is 35.4 Å². The van der Waals surface area contributed by atoms with Crippen molar-refractivity contribution in [3.05, 3.63) is 46.4 Å². The van der Waals surface area contributed by atoms with E-state index in [4.69, 9.17) is 4.74 Å². The molecular formula is C16H20N2O2S. The lowest BCUT2D eigenvalue weighted by Gasteiger charge is -2.24. The number of ether oxygens (including phenoxy) is 1. The van der Waals surface area contributed by atoms with Gasteiger partial charge in [0.15, 0.2) is 0 Å². The molecule has 2 aromatic rings. The minimum absolute atomic E-state index is 0.0657. The van der Waals surface area contributed by atoms with Gasteiger partial charge in [0.05, 0.1) is 25.6 Å². The van der Waals surface area contributed by atoms with Crippen LogP contribution in [0.25, 0.3) is 0 Å². The topological polar surface area (TPSA) is 34.5 Å². The van der Waals surface area contributed by atoms with Gasteiger partial charge in [0.25, 0.3) is 0 Å². The van der Waals surface area contributed by atoms with Gasteiger partial charge in [0.1, 0.15) is 0 Å². The van der Waals surface area contributed by atoms with Crippen LogP contribution in [0.1, 0.15) is 17.5 Å². The minimum Gasteiger partial charge on any atom is -0.375 e. The van der Waals surface area contributed by atoms with Crippen LogP contribution in [0, 0.1) is 0 Å². The number of aromatic nitrogens is 1. The van der Waals surface area contributed by atoms with Crippen LogP contribution in [-0.4, -0.2) is 34.6 Å². The van der Waals surface area contributed by atoms with Crippen LogP contribution >= 0.6 is 11.3 Å². The highest BCUT2D eigenvalue weighted by atomic mass is 32.1. The maximum absolute atomic E-state index is 12.6. The van der Waals surface area contributed by atoms with Gasteiger partial charge >= 0.3 is 0 Å². The summed E-state index contributed by atoms with van der Waals surface area (Å²) in [7, 11) is 0. The summed E-state index contributed by atoms with van der Waals surface area (Å²) in [5.74, 6) is 0.178. The first-order valence-corrected chi connectivity index (χ1v) is 8.20. The molecule has 4 nitrogen and oxygen atoms in total. The van der Waals surface area contributed by atoms with Gasteiger partial charge in [-0.1, -0.05) is 6.07 Å². The number of thiophene rings is 1. The van der Waals surface area contributed by atoms with Crippen LogP contribution in [0.5, 0.6) is 0 Å². The zero-order valence-corrected chi connectivity index (χ0v) is 13.0. The Kier molecular flexibility index (Phi) is 4.41. The Morgan fingerprint density at radius 2 is 2.29 bits per heavy atom. The molecule has 112 valence electrons. The smallest absolute Gasteiger partial charge is 0.228 e. The van der Waals surface area contributed by atoms with Crippen molar-refractivity contribution in [3.8, 4) is 0 Å². The van der Waals surface area contributed by atoms with Crippen molar-refractivity contribution in [3.63, 3.8) is 0 Å². The summed E-state index contributed by atoms with van der Waals surface area (Å²) in [4.78, 5) is 15.6. The van der Waals surface area contributed by atoms with Crippen molar-refractivity contribution in [1.82, 2.24) is 9.47 Å². The second-order valence-corrected chi connectivity index (χ2v) is 6.29. The van der Waals surface area contributed by atoms with Gasteiger partial charge in [-0.3, -0.25) is 4.79 Å². The van der Waals surface area contributed by atoms with Gasteiger partial charge in [0.2, 0.25) is 5.91 Å². The van der Waals surface area contributed by atoms with E-state index >= 15 is 0 Å². The molecule has 0 spiro atoms. The molecule has 0 fully saturated rings. The fraction of sp³-hybridized carbons (Fsp3) is 0.438. The second-order valence-electron chi connectivity index (χ2n) is 5.26. The third-order valence-electron chi connectivity index (χ3n) is 3.76. The first-order chi connectivity index (χ1) is 10.3. The minimum atomic E-state index is 0.0657. The lowest BCUT2D eigenvalue weighted by Crippen LogP contribution is -2.38. The standard InChI is InChI=1S/C16H20N2O2S/c1-2-20-14-11-17-7-3-5-13(17)10-18(12-14)16(19)9-15-6-4-8-21-15/h3-8,14H,2,9-12H2,1H3/t14-/m0/s1. The first-order valence-electron chi connectivity index (χ1n) is 7.32. The Balaban J connectivity index is 1.75. The van der Waals surface area contributed by atoms with Gasteiger partial charge in [-0.2, -0.15) is 0 Å². The molecule has 1 amide bonds. The molecule has 0 saturated heterocycles. The SMILES string of the molecule is CCO[C@@H]1CN(C(=O)Cc2cccs2)Cc2cccn2C1. The highest BCUT2D eigenvalue weighted by Gasteiger charge is 2.25. The largest absolute Gasteiger partial charge is 0.375 e. The van der Waals surface area contributed by atoms with Gasteiger partial charge in [-0.05, 0) is 30.5 Å². The summed E-state index contributed by atoms with van der Waals surface area (Å²) >= 11 is 1.63. The Bertz CT molecular complexity index is 591. The van der Waals surface area contributed by atoms with Crippen molar-refractivity contribution in [2.24, 2.45) is 0 Å². The van der Waals surface area contributed by atoms with Crippen LogP contribution in [0.4, 0.5) is 0 Å². The number of rotatable bonds is 4. The average molecular weight is 304 g/mol. The van der Waals surface area contributed by atoms with E-state index in [1.165, 1.54) is 5.69 Å². The van der Waals surface area contributed by atoms with Crippen LogP contribution < -0.4 is 0 Å². The molecule has 0 unspecified atom stereocenters. The predicted molar refractivity (Wildman–Crippen MR) is 83.3 cm³/mol. The number of nitrogens with zero attached hydrogens (tertiary/aromatic N) is 2. The Morgan fingerprint density at radius 3 is 3.05 bits per heavy atom. The number of hydrogen-bond acceptors (Lipinski definition) is 3. The Hall–Kier alpha value is -1.59. The maximum atomic E-state index is 12.6. The molecule has 1 atom stereocenters. The number of carbonyl (C=O) groups excluding carboxylic acids is 1. The normalized spacial score (nSPS) is 18.3. The molecule has 0 N–H and O–H groups in total. The molecule has 5 heteroatoms.